The van der Waals surface area contributed by atoms with Crippen LogP contribution in [0.1, 0.15) is 16.8 Å². The van der Waals surface area contributed by atoms with Crippen molar-refractivity contribution < 1.29 is 31.1 Å². The molecule has 1 N–H and O–H groups in total. The monoisotopic (exact) mass is 338 g/mol. The van der Waals surface area contributed by atoms with Crippen molar-refractivity contribution in [3.05, 3.63) is 23.9 Å². The van der Waals surface area contributed by atoms with Crippen LogP contribution in [0.3, 0.4) is 0 Å². The number of carbonyl (C=O) groups is 1. The lowest BCUT2D eigenvalue weighted by molar-refractivity contribution is -0.154. The summed E-state index contributed by atoms with van der Waals surface area (Å²) in [5.41, 5.74) is 0.114. The van der Waals surface area contributed by atoms with Crippen molar-refractivity contribution in [2.24, 2.45) is 0 Å². The maximum atomic E-state index is 12.0. The van der Waals surface area contributed by atoms with E-state index in [2.05, 4.69) is 15.0 Å². The molecule has 10 heteroatoms. The number of hydrogen-bond acceptors (Lipinski definition) is 5. The first kappa shape index (κ1) is 16.5. The smallest absolute Gasteiger partial charge is 0.422 e. The molecule has 1 amide bonds. The molecule has 1 aromatic rings. The van der Waals surface area contributed by atoms with Crippen LogP contribution in [0.5, 0.6) is 5.88 Å². The van der Waals surface area contributed by atoms with Crippen molar-refractivity contribution in [2.75, 3.05) is 18.1 Å². The topological polar surface area (TPSA) is 85.4 Å². The fraction of sp³-hybridized carbons (Fsp3) is 0.500. The molecule has 0 spiro atoms. The summed E-state index contributed by atoms with van der Waals surface area (Å²) in [6.45, 7) is -1.47. The SMILES string of the molecule is O=C(N[C@@H]1CCS(=O)(=O)C1)c1ccc(OCC(F)(F)F)nc1. The van der Waals surface area contributed by atoms with Crippen LogP contribution in [0.15, 0.2) is 18.3 Å². The number of carbonyl (C=O) groups excluding carboxylic acids is 1. The van der Waals surface area contributed by atoms with Crippen molar-refractivity contribution in [2.45, 2.75) is 18.6 Å². The molecule has 0 bridgehead atoms. The minimum absolute atomic E-state index is 0.0282. The molecule has 0 aliphatic carbocycles. The Balaban J connectivity index is 1.91. The lowest BCUT2D eigenvalue weighted by Gasteiger charge is -2.11. The zero-order valence-electron chi connectivity index (χ0n) is 11.3. The Morgan fingerprint density at radius 3 is 2.64 bits per heavy atom. The van der Waals surface area contributed by atoms with Gasteiger partial charge in [0.15, 0.2) is 16.4 Å². The van der Waals surface area contributed by atoms with E-state index in [-0.39, 0.29) is 22.9 Å². The van der Waals surface area contributed by atoms with E-state index in [1.165, 1.54) is 6.07 Å². The van der Waals surface area contributed by atoms with E-state index in [1.54, 1.807) is 0 Å². The Bertz CT molecular complexity index is 643. The summed E-state index contributed by atoms with van der Waals surface area (Å²) in [5, 5.41) is 2.55. The number of aromatic nitrogens is 1. The van der Waals surface area contributed by atoms with Gasteiger partial charge in [-0.1, -0.05) is 0 Å². The molecule has 2 heterocycles. The van der Waals surface area contributed by atoms with Crippen LogP contribution in [0, 0.1) is 0 Å². The third-order valence-corrected chi connectivity index (χ3v) is 4.72. The number of pyridine rings is 1. The standard InChI is InChI=1S/C12H13F3N2O4S/c13-12(14,15)7-21-10-2-1-8(5-16-10)11(18)17-9-3-4-22(19,20)6-9/h1-2,5,9H,3-4,6-7H2,(H,17,18)/t9-/m1/s1. The van der Waals surface area contributed by atoms with E-state index in [4.69, 9.17) is 0 Å². The molecule has 22 heavy (non-hydrogen) atoms. The van der Waals surface area contributed by atoms with Gasteiger partial charge in [0, 0.05) is 18.3 Å². The molecule has 0 saturated carbocycles. The molecule has 1 aliphatic heterocycles. The minimum atomic E-state index is -4.47. The molecule has 1 aliphatic rings. The van der Waals surface area contributed by atoms with Crippen LogP contribution in [0.2, 0.25) is 0 Å². The highest BCUT2D eigenvalue weighted by Crippen LogP contribution is 2.17. The molecular formula is C12H13F3N2O4S. The number of alkyl halides is 3. The van der Waals surface area contributed by atoms with E-state index in [0.717, 1.165) is 12.3 Å². The van der Waals surface area contributed by atoms with E-state index in [9.17, 15) is 26.4 Å². The van der Waals surface area contributed by atoms with Gasteiger partial charge in [-0.2, -0.15) is 13.2 Å². The Kier molecular flexibility index (Phi) is 4.59. The molecule has 0 aromatic carbocycles. The lowest BCUT2D eigenvalue weighted by Crippen LogP contribution is -2.35. The average molecular weight is 338 g/mol. The van der Waals surface area contributed by atoms with Gasteiger partial charge >= 0.3 is 6.18 Å². The van der Waals surface area contributed by atoms with Crippen molar-refractivity contribution in [1.82, 2.24) is 10.3 Å². The third kappa shape index (κ3) is 4.86. The molecule has 2 rings (SSSR count). The van der Waals surface area contributed by atoms with Gasteiger partial charge in [0.25, 0.3) is 5.91 Å². The summed E-state index contributed by atoms with van der Waals surface area (Å²) in [6, 6.07) is 1.95. The van der Waals surface area contributed by atoms with Gasteiger partial charge in [-0.3, -0.25) is 4.79 Å². The van der Waals surface area contributed by atoms with Crippen molar-refractivity contribution >= 4 is 15.7 Å². The number of nitrogens with zero attached hydrogens (tertiary/aromatic N) is 1. The predicted octanol–water partition coefficient (Wildman–Crippen LogP) is 0.940. The minimum Gasteiger partial charge on any atom is -0.468 e. The molecule has 1 saturated heterocycles. The molecule has 6 nitrogen and oxygen atoms in total. The number of rotatable bonds is 4. The first-order valence-corrected chi connectivity index (χ1v) is 8.14. The Labute approximate surface area is 124 Å². The fourth-order valence-corrected chi connectivity index (χ4v) is 3.61. The van der Waals surface area contributed by atoms with Crippen molar-refractivity contribution in [3.63, 3.8) is 0 Å². The van der Waals surface area contributed by atoms with Gasteiger partial charge < -0.3 is 10.1 Å². The van der Waals surface area contributed by atoms with E-state index < -0.39 is 34.6 Å². The first-order chi connectivity index (χ1) is 10.1. The lowest BCUT2D eigenvalue weighted by atomic mass is 10.2. The first-order valence-electron chi connectivity index (χ1n) is 6.31. The van der Waals surface area contributed by atoms with Crippen molar-refractivity contribution in [1.29, 1.82) is 0 Å². The number of sulfone groups is 1. The fourth-order valence-electron chi connectivity index (χ4n) is 1.93. The second kappa shape index (κ2) is 6.11. The van der Waals surface area contributed by atoms with Gasteiger partial charge in [0.1, 0.15) is 0 Å². The summed E-state index contributed by atoms with van der Waals surface area (Å²) in [7, 11) is -3.11. The highest BCUT2D eigenvalue weighted by atomic mass is 32.2. The largest absolute Gasteiger partial charge is 0.468 e. The molecule has 0 unspecified atom stereocenters. The van der Waals surface area contributed by atoms with E-state index in [0.29, 0.717) is 6.42 Å². The maximum absolute atomic E-state index is 12.0. The van der Waals surface area contributed by atoms with Crippen LogP contribution in [-0.2, 0) is 9.84 Å². The van der Waals surface area contributed by atoms with Crippen molar-refractivity contribution in [3.8, 4) is 5.88 Å². The number of nitrogens with one attached hydrogen (secondary N) is 1. The third-order valence-electron chi connectivity index (χ3n) is 2.95. The molecule has 0 radical (unpaired) electrons. The normalized spacial score (nSPS) is 20.6. The van der Waals surface area contributed by atoms with Gasteiger partial charge in [-0.25, -0.2) is 13.4 Å². The van der Waals surface area contributed by atoms with Gasteiger partial charge in [-0.15, -0.1) is 0 Å². The summed E-state index contributed by atoms with van der Waals surface area (Å²) in [5.74, 6) is -0.867. The van der Waals surface area contributed by atoms with Gasteiger partial charge in [-0.05, 0) is 12.5 Å². The molecular weight excluding hydrogens is 325 g/mol. The zero-order chi connectivity index (χ0) is 16.4. The predicted molar refractivity (Wildman–Crippen MR) is 70.3 cm³/mol. The quantitative estimate of drug-likeness (QED) is 0.883. The van der Waals surface area contributed by atoms with Gasteiger partial charge in [0.05, 0.1) is 17.1 Å². The number of halogens is 3. The highest BCUT2D eigenvalue weighted by Gasteiger charge is 2.30. The maximum Gasteiger partial charge on any atom is 0.422 e. The summed E-state index contributed by atoms with van der Waals surface area (Å²) in [6.07, 6.45) is -3.05. The van der Waals surface area contributed by atoms with E-state index >= 15 is 0 Å². The second-order valence-corrected chi connectivity index (χ2v) is 7.09. The van der Waals surface area contributed by atoms with Crippen LogP contribution in [0.4, 0.5) is 13.2 Å². The summed E-state index contributed by atoms with van der Waals surface area (Å²) >= 11 is 0. The Morgan fingerprint density at radius 1 is 1.41 bits per heavy atom. The Morgan fingerprint density at radius 2 is 2.14 bits per heavy atom. The summed E-state index contributed by atoms with van der Waals surface area (Å²) in [4.78, 5) is 15.5. The molecule has 1 fully saturated rings. The van der Waals surface area contributed by atoms with Crippen LogP contribution >= 0.6 is 0 Å². The Hall–Kier alpha value is -1.84. The van der Waals surface area contributed by atoms with Crippen LogP contribution in [-0.4, -0.2) is 49.6 Å². The second-order valence-electron chi connectivity index (χ2n) is 4.86. The van der Waals surface area contributed by atoms with Crippen LogP contribution < -0.4 is 10.1 Å². The molecule has 122 valence electrons. The highest BCUT2D eigenvalue weighted by molar-refractivity contribution is 7.91. The zero-order valence-corrected chi connectivity index (χ0v) is 12.1. The molecule has 1 aromatic heterocycles. The molecule has 1 atom stereocenters. The number of hydrogen-bond donors (Lipinski definition) is 1. The van der Waals surface area contributed by atoms with Crippen LogP contribution in [0.25, 0.3) is 0 Å². The average Bonchev–Trinajstić information content (AvgIpc) is 2.75. The summed E-state index contributed by atoms with van der Waals surface area (Å²) < 4.78 is 62.9. The van der Waals surface area contributed by atoms with Gasteiger partial charge in [0.2, 0.25) is 5.88 Å². The number of amides is 1. The number of ether oxygens (including phenoxy) is 1. The van der Waals surface area contributed by atoms with E-state index in [1.807, 2.05) is 0 Å².